The Morgan fingerprint density at radius 2 is 1.92 bits per heavy atom. The number of hydrogen-bond acceptors (Lipinski definition) is 3. The second-order valence-electron chi connectivity index (χ2n) is 7.46. The van der Waals surface area contributed by atoms with Gasteiger partial charge in [-0.05, 0) is 69.9 Å². The van der Waals surface area contributed by atoms with E-state index in [1.807, 2.05) is 0 Å². The second kappa shape index (κ2) is 12.1. The highest BCUT2D eigenvalue weighted by Crippen LogP contribution is 2.30. The summed E-state index contributed by atoms with van der Waals surface area (Å²) < 4.78 is 5.92. The first-order valence-electron chi connectivity index (χ1n) is 9.79. The summed E-state index contributed by atoms with van der Waals surface area (Å²) in [5.74, 6) is 2.05. The number of carbonyl (C=O) groups is 1. The Balaban J connectivity index is 0.00000288. The zero-order valence-corrected chi connectivity index (χ0v) is 16.3. The predicted molar refractivity (Wildman–Crippen MR) is 102 cm³/mol. The molecule has 2 fully saturated rings. The van der Waals surface area contributed by atoms with Gasteiger partial charge in [0.05, 0.1) is 6.10 Å². The number of halogens is 1. The van der Waals surface area contributed by atoms with Crippen LogP contribution in [0.4, 0.5) is 0 Å². The average molecular weight is 361 g/mol. The third kappa shape index (κ3) is 7.28. The molecular formula is C19H37ClN2O2. The molecular weight excluding hydrogens is 324 g/mol. The van der Waals surface area contributed by atoms with Crippen LogP contribution in [-0.4, -0.2) is 38.3 Å². The van der Waals surface area contributed by atoms with Gasteiger partial charge < -0.3 is 15.4 Å². The van der Waals surface area contributed by atoms with E-state index in [4.69, 9.17) is 4.74 Å². The predicted octanol–water partition coefficient (Wildman–Crippen LogP) is 3.54. The normalized spacial score (nSPS) is 24.2. The Hall–Kier alpha value is -0.320. The van der Waals surface area contributed by atoms with Crippen LogP contribution in [0.25, 0.3) is 0 Å². The lowest BCUT2D eigenvalue weighted by molar-refractivity contribution is -0.122. The first-order valence-corrected chi connectivity index (χ1v) is 9.79. The van der Waals surface area contributed by atoms with E-state index < -0.39 is 0 Å². The van der Waals surface area contributed by atoms with Gasteiger partial charge in [0.1, 0.15) is 0 Å². The molecule has 142 valence electrons. The average Bonchev–Trinajstić information content (AvgIpc) is 3.09. The van der Waals surface area contributed by atoms with Crippen molar-refractivity contribution in [3.05, 3.63) is 0 Å². The van der Waals surface area contributed by atoms with E-state index in [1.54, 1.807) is 0 Å². The fourth-order valence-corrected chi connectivity index (χ4v) is 4.25. The first-order chi connectivity index (χ1) is 11.2. The molecule has 1 heterocycles. The molecule has 2 rings (SSSR count). The van der Waals surface area contributed by atoms with E-state index >= 15 is 0 Å². The molecule has 1 aliphatic heterocycles. The number of piperidine rings is 1. The van der Waals surface area contributed by atoms with Gasteiger partial charge in [0.15, 0.2) is 0 Å². The minimum atomic E-state index is 0. The lowest BCUT2D eigenvalue weighted by Gasteiger charge is -2.28. The van der Waals surface area contributed by atoms with Crippen molar-refractivity contribution in [2.24, 2.45) is 17.8 Å². The van der Waals surface area contributed by atoms with E-state index in [2.05, 4.69) is 24.5 Å². The van der Waals surface area contributed by atoms with Gasteiger partial charge in [0.25, 0.3) is 0 Å². The van der Waals surface area contributed by atoms with Crippen LogP contribution >= 0.6 is 12.4 Å². The van der Waals surface area contributed by atoms with E-state index in [0.29, 0.717) is 30.3 Å². The minimum Gasteiger partial charge on any atom is -0.378 e. The smallest absolute Gasteiger partial charge is 0.220 e. The van der Waals surface area contributed by atoms with E-state index in [-0.39, 0.29) is 18.3 Å². The lowest BCUT2D eigenvalue weighted by atomic mass is 9.85. The summed E-state index contributed by atoms with van der Waals surface area (Å²) in [6.45, 7) is 8.04. The summed E-state index contributed by atoms with van der Waals surface area (Å²) in [7, 11) is 0. The van der Waals surface area contributed by atoms with Gasteiger partial charge in [-0.1, -0.05) is 19.8 Å². The highest BCUT2D eigenvalue weighted by atomic mass is 35.5. The monoisotopic (exact) mass is 360 g/mol. The third-order valence-electron chi connectivity index (χ3n) is 5.70. The minimum absolute atomic E-state index is 0. The van der Waals surface area contributed by atoms with Crippen molar-refractivity contribution in [1.29, 1.82) is 0 Å². The van der Waals surface area contributed by atoms with Crippen LogP contribution in [0.2, 0.25) is 0 Å². The van der Waals surface area contributed by atoms with Gasteiger partial charge in [-0.15, -0.1) is 12.4 Å². The molecule has 0 radical (unpaired) electrons. The topological polar surface area (TPSA) is 50.4 Å². The van der Waals surface area contributed by atoms with Gasteiger partial charge in [-0.2, -0.15) is 0 Å². The highest BCUT2D eigenvalue weighted by Gasteiger charge is 2.26. The number of rotatable bonds is 9. The van der Waals surface area contributed by atoms with Crippen molar-refractivity contribution in [2.75, 3.05) is 26.2 Å². The summed E-state index contributed by atoms with van der Waals surface area (Å²) in [6, 6.07) is 0. The molecule has 1 amide bonds. The quantitative estimate of drug-likeness (QED) is 0.661. The Kier molecular flexibility index (Phi) is 11.0. The van der Waals surface area contributed by atoms with Gasteiger partial charge in [-0.3, -0.25) is 4.79 Å². The van der Waals surface area contributed by atoms with Crippen molar-refractivity contribution in [3.8, 4) is 0 Å². The first kappa shape index (κ1) is 21.7. The number of hydrogen-bond donors (Lipinski definition) is 2. The molecule has 3 atom stereocenters. The van der Waals surface area contributed by atoms with Crippen LogP contribution in [0.1, 0.15) is 65.2 Å². The van der Waals surface area contributed by atoms with Crippen LogP contribution in [0.5, 0.6) is 0 Å². The van der Waals surface area contributed by atoms with Crippen molar-refractivity contribution < 1.29 is 9.53 Å². The number of nitrogens with one attached hydrogen (secondary N) is 2. The molecule has 0 aromatic rings. The van der Waals surface area contributed by atoms with Crippen LogP contribution in [-0.2, 0) is 9.53 Å². The highest BCUT2D eigenvalue weighted by molar-refractivity contribution is 5.85. The summed E-state index contributed by atoms with van der Waals surface area (Å²) in [6.07, 6.45) is 9.74. The fourth-order valence-electron chi connectivity index (χ4n) is 4.25. The number of ether oxygens (including phenoxy) is 1. The Bertz CT molecular complexity index is 342. The molecule has 1 saturated heterocycles. The SMILES string of the molecule is CCOC(CCNC(=O)CC(C)C1CCCNC1)C1CCCC1.Cl. The lowest BCUT2D eigenvalue weighted by Crippen LogP contribution is -2.36. The molecule has 1 saturated carbocycles. The van der Waals surface area contributed by atoms with Crippen LogP contribution in [0.3, 0.4) is 0 Å². The molecule has 2 aliphatic rings. The van der Waals surface area contributed by atoms with E-state index in [1.165, 1.54) is 38.5 Å². The molecule has 5 heteroatoms. The zero-order chi connectivity index (χ0) is 16.5. The molecule has 0 aromatic carbocycles. The van der Waals surface area contributed by atoms with Crippen LogP contribution in [0.15, 0.2) is 0 Å². The van der Waals surface area contributed by atoms with Gasteiger partial charge in [-0.25, -0.2) is 0 Å². The fraction of sp³-hybridized carbons (Fsp3) is 0.947. The Morgan fingerprint density at radius 3 is 2.54 bits per heavy atom. The zero-order valence-electron chi connectivity index (χ0n) is 15.5. The number of amides is 1. The standard InChI is InChI=1S/C19H36N2O2.ClH/c1-3-23-18(16-7-4-5-8-16)10-12-21-19(22)13-15(2)17-9-6-11-20-14-17;/h15-18,20H,3-14H2,1-2H3,(H,21,22);1H. The van der Waals surface area contributed by atoms with E-state index in [0.717, 1.165) is 32.7 Å². The Morgan fingerprint density at radius 1 is 1.21 bits per heavy atom. The largest absolute Gasteiger partial charge is 0.378 e. The number of carbonyl (C=O) groups excluding carboxylic acids is 1. The molecule has 2 N–H and O–H groups in total. The summed E-state index contributed by atoms with van der Waals surface area (Å²) >= 11 is 0. The maximum Gasteiger partial charge on any atom is 0.220 e. The molecule has 3 unspecified atom stereocenters. The van der Waals surface area contributed by atoms with E-state index in [9.17, 15) is 4.79 Å². The van der Waals surface area contributed by atoms with Crippen molar-refractivity contribution in [1.82, 2.24) is 10.6 Å². The molecule has 0 spiro atoms. The molecule has 0 aromatic heterocycles. The molecule has 24 heavy (non-hydrogen) atoms. The van der Waals surface area contributed by atoms with Crippen molar-refractivity contribution in [2.45, 2.75) is 71.3 Å². The molecule has 0 bridgehead atoms. The summed E-state index contributed by atoms with van der Waals surface area (Å²) in [4.78, 5) is 12.2. The third-order valence-corrected chi connectivity index (χ3v) is 5.70. The maximum atomic E-state index is 12.2. The second-order valence-corrected chi connectivity index (χ2v) is 7.46. The van der Waals surface area contributed by atoms with Crippen molar-refractivity contribution in [3.63, 3.8) is 0 Å². The van der Waals surface area contributed by atoms with Gasteiger partial charge in [0.2, 0.25) is 5.91 Å². The summed E-state index contributed by atoms with van der Waals surface area (Å²) in [5.41, 5.74) is 0. The van der Waals surface area contributed by atoms with Crippen molar-refractivity contribution >= 4 is 18.3 Å². The van der Waals surface area contributed by atoms with Crippen LogP contribution < -0.4 is 10.6 Å². The molecule has 4 nitrogen and oxygen atoms in total. The van der Waals surface area contributed by atoms with Crippen LogP contribution in [0, 0.1) is 17.8 Å². The maximum absolute atomic E-state index is 12.2. The van der Waals surface area contributed by atoms with Gasteiger partial charge in [0, 0.05) is 19.6 Å². The molecule has 1 aliphatic carbocycles. The van der Waals surface area contributed by atoms with Gasteiger partial charge >= 0.3 is 0 Å². The Labute approximate surface area is 154 Å². The summed E-state index contributed by atoms with van der Waals surface area (Å²) in [5, 5.41) is 6.57.